The van der Waals surface area contributed by atoms with Crippen LogP contribution in [0, 0.1) is 5.92 Å². The van der Waals surface area contributed by atoms with E-state index in [2.05, 4.69) is 4.72 Å². The lowest BCUT2D eigenvalue weighted by Gasteiger charge is -2.21. The summed E-state index contributed by atoms with van der Waals surface area (Å²) in [7, 11) is -3.69. The molecule has 2 fully saturated rings. The van der Waals surface area contributed by atoms with Crippen molar-refractivity contribution in [2.75, 3.05) is 26.2 Å². The molecule has 1 saturated heterocycles. The monoisotopic (exact) mass is 380 g/mol. The molecule has 1 aliphatic heterocycles. The maximum absolute atomic E-state index is 12.3. The minimum atomic E-state index is -3.69. The summed E-state index contributed by atoms with van der Waals surface area (Å²) in [6.07, 6.45) is 8.25. The molecule has 0 bridgehead atoms. The van der Waals surface area contributed by atoms with Crippen molar-refractivity contribution in [2.24, 2.45) is 5.92 Å². The van der Waals surface area contributed by atoms with Crippen LogP contribution in [0.5, 0.6) is 5.75 Å². The number of carbonyl (C=O) groups is 1. The number of nitrogens with zero attached hydrogens (tertiary/aromatic N) is 1. The second kappa shape index (κ2) is 8.86. The molecule has 1 saturated carbocycles. The molecular formula is C19H28N2O4S. The van der Waals surface area contributed by atoms with Crippen molar-refractivity contribution in [1.82, 2.24) is 9.62 Å². The summed E-state index contributed by atoms with van der Waals surface area (Å²) >= 11 is 0. The maximum atomic E-state index is 12.3. The van der Waals surface area contributed by atoms with Crippen molar-refractivity contribution in [3.05, 3.63) is 24.3 Å². The lowest BCUT2D eigenvalue weighted by molar-refractivity contribution is -0.128. The Hall–Kier alpha value is -1.60. The molecule has 1 heterocycles. The van der Waals surface area contributed by atoms with Gasteiger partial charge < -0.3 is 9.64 Å². The van der Waals surface area contributed by atoms with Gasteiger partial charge in [-0.15, -0.1) is 0 Å². The first kappa shape index (κ1) is 19.2. The maximum Gasteiger partial charge on any atom is 0.241 e. The van der Waals surface area contributed by atoms with E-state index in [0.717, 1.165) is 12.8 Å². The lowest BCUT2D eigenvalue weighted by Crippen LogP contribution is -2.38. The Labute approximate surface area is 156 Å². The number of benzene rings is 1. The molecule has 0 spiro atoms. The highest BCUT2D eigenvalue weighted by Gasteiger charge is 2.21. The van der Waals surface area contributed by atoms with Gasteiger partial charge in [0.2, 0.25) is 15.9 Å². The van der Waals surface area contributed by atoms with Crippen LogP contribution in [0.3, 0.4) is 0 Å². The molecule has 7 heteroatoms. The predicted octanol–water partition coefficient (Wildman–Crippen LogP) is 2.55. The van der Waals surface area contributed by atoms with Gasteiger partial charge in [-0.3, -0.25) is 4.79 Å². The van der Waals surface area contributed by atoms with Crippen molar-refractivity contribution >= 4 is 15.9 Å². The average Bonchev–Trinajstić information content (AvgIpc) is 3.21. The van der Waals surface area contributed by atoms with Crippen molar-refractivity contribution in [1.29, 1.82) is 0 Å². The predicted molar refractivity (Wildman–Crippen MR) is 99.5 cm³/mol. The van der Waals surface area contributed by atoms with E-state index in [1.165, 1.54) is 44.2 Å². The van der Waals surface area contributed by atoms with Crippen LogP contribution >= 0.6 is 0 Å². The van der Waals surface area contributed by atoms with Gasteiger partial charge in [0.15, 0.2) is 0 Å². The molecule has 6 nitrogen and oxygen atoms in total. The van der Waals surface area contributed by atoms with E-state index in [1.807, 2.05) is 0 Å². The van der Waals surface area contributed by atoms with Gasteiger partial charge in [0.05, 0.1) is 18.0 Å². The van der Waals surface area contributed by atoms with E-state index in [0.29, 0.717) is 31.4 Å². The molecule has 0 unspecified atom stereocenters. The zero-order valence-electron chi connectivity index (χ0n) is 15.2. The van der Waals surface area contributed by atoms with Gasteiger partial charge in [-0.1, -0.05) is 19.3 Å². The van der Waals surface area contributed by atoms with Gasteiger partial charge in [0.25, 0.3) is 0 Å². The summed E-state index contributed by atoms with van der Waals surface area (Å²) in [5, 5.41) is 0. The van der Waals surface area contributed by atoms with Gasteiger partial charge in [-0.25, -0.2) is 13.1 Å². The van der Waals surface area contributed by atoms with Crippen molar-refractivity contribution in [2.45, 2.75) is 49.8 Å². The fourth-order valence-corrected chi connectivity index (χ4v) is 4.58. The molecule has 1 N–H and O–H groups in total. The number of carbonyl (C=O) groups excluding carboxylic acids is 1. The molecule has 2 aliphatic rings. The van der Waals surface area contributed by atoms with E-state index in [4.69, 9.17) is 4.74 Å². The summed E-state index contributed by atoms with van der Waals surface area (Å²) in [6.45, 7) is 1.93. The zero-order chi connectivity index (χ0) is 18.4. The topological polar surface area (TPSA) is 75.7 Å². The summed E-state index contributed by atoms with van der Waals surface area (Å²) in [5.74, 6) is 1.12. The number of ether oxygens (including phenoxy) is 1. The zero-order valence-corrected chi connectivity index (χ0v) is 16.0. The van der Waals surface area contributed by atoms with Crippen molar-refractivity contribution in [3.8, 4) is 5.75 Å². The highest BCUT2D eigenvalue weighted by atomic mass is 32.2. The first-order valence-corrected chi connectivity index (χ1v) is 11.0. The number of likely N-dealkylation sites (tertiary alicyclic amines) is 1. The summed E-state index contributed by atoms with van der Waals surface area (Å²) in [6, 6.07) is 6.41. The number of rotatable bonds is 7. The number of amides is 1. The number of hydrogen-bond acceptors (Lipinski definition) is 4. The van der Waals surface area contributed by atoms with E-state index < -0.39 is 10.0 Å². The summed E-state index contributed by atoms with van der Waals surface area (Å²) in [5.41, 5.74) is 0. The van der Waals surface area contributed by atoms with Crippen LogP contribution in [0.15, 0.2) is 29.2 Å². The number of sulfonamides is 1. The largest absolute Gasteiger partial charge is 0.493 e. The van der Waals surface area contributed by atoms with Gasteiger partial charge in [-0.2, -0.15) is 0 Å². The third kappa shape index (κ3) is 5.20. The molecule has 1 amide bonds. The molecule has 0 atom stereocenters. The van der Waals surface area contributed by atoms with Crippen LogP contribution in [0.25, 0.3) is 0 Å². The lowest BCUT2D eigenvalue weighted by atomic mass is 9.90. The van der Waals surface area contributed by atoms with Crippen molar-refractivity contribution in [3.63, 3.8) is 0 Å². The molecule has 0 aromatic heterocycles. The SMILES string of the molecule is O=C(CNS(=O)(=O)c1ccc(OCC2CCCCC2)cc1)N1CCCC1. The molecule has 1 aromatic carbocycles. The highest BCUT2D eigenvalue weighted by molar-refractivity contribution is 7.89. The first-order valence-electron chi connectivity index (χ1n) is 9.55. The number of nitrogens with one attached hydrogen (secondary N) is 1. The third-order valence-corrected chi connectivity index (χ3v) is 6.63. The molecule has 0 radical (unpaired) electrons. The molecule has 1 aliphatic carbocycles. The Kier molecular flexibility index (Phi) is 6.53. The van der Waals surface area contributed by atoms with Crippen LogP contribution in [0.1, 0.15) is 44.9 Å². The van der Waals surface area contributed by atoms with Gasteiger partial charge in [0, 0.05) is 13.1 Å². The second-order valence-corrected chi connectivity index (χ2v) is 8.97. The second-order valence-electron chi connectivity index (χ2n) is 7.20. The van der Waals surface area contributed by atoms with Crippen LogP contribution in [0.4, 0.5) is 0 Å². The Bertz CT molecular complexity index is 691. The normalized spacial score (nSPS) is 18.8. The Balaban J connectivity index is 1.50. The fourth-order valence-electron chi connectivity index (χ4n) is 3.60. The Morgan fingerprint density at radius 3 is 2.35 bits per heavy atom. The summed E-state index contributed by atoms with van der Waals surface area (Å²) < 4.78 is 32.9. The molecule has 144 valence electrons. The Morgan fingerprint density at radius 2 is 1.69 bits per heavy atom. The van der Waals surface area contributed by atoms with Gasteiger partial charge in [0.1, 0.15) is 5.75 Å². The quantitative estimate of drug-likeness (QED) is 0.789. The van der Waals surface area contributed by atoms with Gasteiger partial charge >= 0.3 is 0 Å². The van der Waals surface area contributed by atoms with Gasteiger partial charge in [-0.05, 0) is 55.9 Å². The third-order valence-electron chi connectivity index (χ3n) is 5.22. The van der Waals surface area contributed by atoms with Crippen LogP contribution in [0.2, 0.25) is 0 Å². The Morgan fingerprint density at radius 1 is 1.04 bits per heavy atom. The standard InChI is InChI=1S/C19H28N2O4S/c22-19(21-12-4-5-13-21)14-20-26(23,24)18-10-8-17(9-11-18)25-15-16-6-2-1-3-7-16/h8-11,16,20H,1-7,12-15H2. The van der Waals surface area contributed by atoms with E-state index in [-0.39, 0.29) is 17.3 Å². The smallest absolute Gasteiger partial charge is 0.241 e. The van der Waals surface area contributed by atoms with Crippen LogP contribution in [-0.4, -0.2) is 45.5 Å². The van der Waals surface area contributed by atoms with E-state index in [9.17, 15) is 13.2 Å². The molecule has 26 heavy (non-hydrogen) atoms. The van der Waals surface area contributed by atoms with E-state index >= 15 is 0 Å². The molecular weight excluding hydrogens is 352 g/mol. The fraction of sp³-hybridized carbons (Fsp3) is 0.632. The average molecular weight is 381 g/mol. The minimum absolute atomic E-state index is 0.150. The van der Waals surface area contributed by atoms with E-state index in [1.54, 1.807) is 17.0 Å². The first-order chi connectivity index (χ1) is 12.5. The number of hydrogen-bond donors (Lipinski definition) is 1. The highest BCUT2D eigenvalue weighted by Crippen LogP contribution is 2.25. The molecule has 1 aromatic rings. The minimum Gasteiger partial charge on any atom is -0.493 e. The van der Waals surface area contributed by atoms with Crippen LogP contribution in [-0.2, 0) is 14.8 Å². The van der Waals surface area contributed by atoms with Crippen molar-refractivity contribution < 1.29 is 17.9 Å². The summed E-state index contributed by atoms with van der Waals surface area (Å²) in [4.78, 5) is 13.8. The van der Waals surface area contributed by atoms with Crippen LogP contribution < -0.4 is 9.46 Å². The molecule has 3 rings (SSSR count).